The minimum atomic E-state index is -0.811. The van der Waals surface area contributed by atoms with Gasteiger partial charge in [-0.25, -0.2) is 0 Å². The number of rotatable bonds is 9. The highest BCUT2D eigenvalue weighted by Crippen LogP contribution is 2.18. The number of amides is 2. The van der Waals surface area contributed by atoms with E-state index < -0.39 is 5.60 Å². The molecule has 0 aliphatic rings. The topological polar surface area (TPSA) is 78.4 Å². The molecule has 0 aliphatic carbocycles. The van der Waals surface area contributed by atoms with Crippen molar-refractivity contribution in [1.29, 1.82) is 0 Å². The summed E-state index contributed by atoms with van der Waals surface area (Å²) in [7, 11) is 0. The van der Waals surface area contributed by atoms with Crippen molar-refractivity contribution in [2.45, 2.75) is 58.5 Å². The summed E-state index contributed by atoms with van der Waals surface area (Å²) in [4.78, 5) is 23.0. The first-order valence-corrected chi connectivity index (χ1v) is 8.24. The number of carbonyl (C=O) groups is 2. The molecular formula is C18H28N2O3. The summed E-state index contributed by atoms with van der Waals surface area (Å²) in [6.07, 6.45) is 3.40. The maximum absolute atomic E-state index is 12.0. The molecule has 0 saturated heterocycles. The first kappa shape index (κ1) is 19.2. The number of hydrogen-bond acceptors (Lipinski definition) is 3. The lowest BCUT2D eigenvalue weighted by Gasteiger charge is -2.27. The van der Waals surface area contributed by atoms with E-state index in [0.717, 1.165) is 18.4 Å². The summed E-state index contributed by atoms with van der Waals surface area (Å²) in [6.45, 7) is 5.80. The minimum absolute atomic E-state index is 0.108. The van der Waals surface area contributed by atoms with Gasteiger partial charge >= 0.3 is 0 Å². The summed E-state index contributed by atoms with van der Waals surface area (Å²) in [5.41, 5.74) is 0.766. The zero-order chi connectivity index (χ0) is 17.3. The smallest absolute Gasteiger partial charge is 0.224 e. The molecule has 0 aromatic heterocycles. The Morgan fingerprint density at radius 1 is 1.09 bits per heavy atom. The molecule has 1 aromatic rings. The van der Waals surface area contributed by atoms with Crippen LogP contribution in [-0.2, 0) is 16.0 Å². The maximum atomic E-state index is 12.0. The number of anilines is 1. The van der Waals surface area contributed by atoms with Crippen molar-refractivity contribution < 1.29 is 14.7 Å². The van der Waals surface area contributed by atoms with E-state index in [0.29, 0.717) is 18.5 Å². The number of carbonyl (C=O) groups excluding carboxylic acids is 2. The lowest BCUT2D eigenvalue weighted by Crippen LogP contribution is -2.43. The Bertz CT molecular complexity index is 506. The Kier molecular flexibility index (Phi) is 7.75. The van der Waals surface area contributed by atoms with Crippen LogP contribution in [0.2, 0.25) is 0 Å². The summed E-state index contributed by atoms with van der Waals surface area (Å²) >= 11 is 0. The third kappa shape index (κ3) is 7.28. The normalized spacial score (nSPS) is 11.1. The van der Waals surface area contributed by atoms with E-state index in [1.165, 1.54) is 6.92 Å². The summed E-state index contributed by atoms with van der Waals surface area (Å²) in [6, 6.07) is 7.17. The van der Waals surface area contributed by atoms with E-state index in [9.17, 15) is 14.7 Å². The van der Waals surface area contributed by atoms with E-state index in [1.54, 1.807) is 12.1 Å². The van der Waals surface area contributed by atoms with Crippen LogP contribution in [-0.4, -0.2) is 29.1 Å². The second-order valence-corrected chi connectivity index (χ2v) is 6.06. The quantitative estimate of drug-likeness (QED) is 0.654. The molecule has 0 spiro atoms. The first-order valence-electron chi connectivity index (χ1n) is 8.24. The van der Waals surface area contributed by atoms with Crippen molar-refractivity contribution in [3.63, 3.8) is 0 Å². The molecule has 5 nitrogen and oxygen atoms in total. The molecule has 0 fully saturated rings. The standard InChI is InChI=1S/C18H28N2O3/c1-4-10-18(23,11-5-2)13-19-17(22)12-15-6-8-16(9-7-15)20-14(3)21/h6-9,23H,4-5,10-13H2,1-3H3,(H,19,22)(H,20,21). The molecule has 0 bridgehead atoms. The van der Waals surface area contributed by atoms with Crippen LogP contribution in [0.4, 0.5) is 5.69 Å². The number of nitrogens with one attached hydrogen (secondary N) is 2. The van der Waals surface area contributed by atoms with Gasteiger partial charge in [-0.15, -0.1) is 0 Å². The van der Waals surface area contributed by atoms with E-state index in [1.807, 2.05) is 26.0 Å². The Balaban J connectivity index is 2.51. The fourth-order valence-electron chi connectivity index (χ4n) is 2.65. The second-order valence-electron chi connectivity index (χ2n) is 6.06. The maximum Gasteiger partial charge on any atom is 0.224 e. The van der Waals surface area contributed by atoms with Crippen LogP contribution in [0.25, 0.3) is 0 Å². The third-order valence-corrected chi connectivity index (χ3v) is 3.68. The van der Waals surface area contributed by atoms with Crippen molar-refractivity contribution in [3.05, 3.63) is 29.8 Å². The van der Waals surface area contributed by atoms with E-state index in [4.69, 9.17) is 0 Å². The largest absolute Gasteiger partial charge is 0.388 e. The van der Waals surface area contributed by atoms with Crippen molar-refractivity contribution in [3.8, 4) is 0 Å². The molecule has 0 unspecified atom stereocenters. The fraction of sp³-hybridized carbons (Fsp3) is 0.556. The third-order valence-electron chi connectivity index (χ3n) is 3.68. The molecule has 3 N–H and O–H groups in total. The van der Waals surface area contributed by atoms with Crippen LogP contribution >= 0.6 is 0 Å². The molecule has 0 atom stereocenters. The molecule has 0 saturated carbocycles. The molecule has 0 aliphatic heterocycles. The van der Waals surface area contributed by atoms with Gasteiger partial charge in [-0.05, 0) is 30.5 Å². The van der Waals surface area contributed by atoms with E-state index in [2.05, 4.69) is 10.6 Å². The van der Waals surface area contributed by atoms with Gasteiger partial charge < -0.3 is 15.7 Å². The van der Waals surface area contributed by atoms with Gasteiger partial charge in [0.25, 0.3) is 0 Å². The van der Waals surface area contributed by atoms with Crippen molar-refractivity contribution >= 4 is 17.5 Å². The van der Waals surface area contributed by atoms with Gasteiger partial charge in [-0.1, -0.05) is 38.8 Å². The van der Waals surface area contributed by atoms with Gasteiger partial charge in [0.1, 0.15) is 0 Å². The zero-order valence-corrected chi connectivity index (χ0v) is 14.3. The van der Waals surface area contributed by atoms with E-state index >= 15 is 0 Å². The van der Waals surface area contributed by atoms with Crippen LogP contribution in [0, 0.1) is 0 Å². The second kappa shape index (κ2) is 9.30. The summed E-state index contributed by atoms with van der Waals surface area (Å²) in [5, 5.41) is 16.0. The lowest BCUT2D eigenvalue weighted by molar-refractivity contribution is -0.122. The Morgan fingerprint density at radius 2 is 1.65 bits per heavy atom. The van der Waals surface area contributed by atoms with Crippen LogP contribution < -0.4 is 10.6 Å². The molecule has 1 aromatic carbocycles. The van der Waals surface area contributed by atoms with Crippen LogP contribution in [0.3, 0.4) is 0 Å². The molecule has 23 heavy (non-hydrogen) atoms. The number of benzene rings is 1. The fourth-order valence-corrected chi connectivity index (χ4v) is 2.65. The highest BCUT2D eigenvalue weighted by molar-refractivity contribution is 5.88. The number of hydrogen-bond donors (Lipinski definition) is 3. The molecule has 0 heterocycles. The predicted octanol–water partition coefficient (Wildman–Crippen LogP) is 2.64. The van der Waals surface area contributed by atoms with Crippen molar-refractivity contribution in [2.24, 2.45) is 0 Å². The van der Waals surface area contributed by atoms with Crippen LogP contribution in [0.5, 0.6) is 0 Å². The van der Waals surface area contributed by atoms with Gasteiger partial charge in [-0.3, -0.25) is 9.59 Å². The van der Waals surface area contributed by atoms with Crippen LogP contribution in [0.1, 0.15) is 52.0 Å². The average molecular weight is 320 g/mol. The molecular weight excluding hydrogens is 292 g/mol. The summed E-state index contributed by atoms with van der Waals surface area (Å²) < 4.78 is 0. The Morgan fingerprint density at radius 3 is 2.13 bits per heavy atom. The lowest BCUT2D eigenvalue weighted by atomic mass is 9.92. The van der Waals surface area contributed by atoms with Gasteiger partial charge in [0, 0.05) is 19.2 Å². The van der Waals surface area contributed by atoms with E-state index in [-0.39, 0.29) is 24.8 Å². The predicted molar refractivity (Wildman–Crippen MR) is 92.2 cm³/mol. The van der Waals surface area contributed by atoms with Gasteiger partial charge in [0.2, 0.25) is 11.8 Å². The Labute approximate surface area is 138 Å². The van der Waals surface area contributed by atoms with Crippen LogP contribution in [0.15, 0.2) is 24.3 Å². The van der Waals surface area contributed by atoms with Crippen molar-refractivity contribution in [2.75, 3.05) is 11.9 Å². The minimum Gasteiger partial charge on any atom is -0.388 e. The molecule has 128 valence electrons. The van der Waals surface area contributed by atoms with Gasteiger partial charge in [-0.2, -0.15) is 0 Å². The molecule has 5 heteroatoms. The van der Waals surface area contributed by atoms with Gasteiger partial charge in [0.05, 0.1) is 12.0 Å². The zero-order valence-electron chi connectivity index (χ0n) is 14.3. The highest BCUT2D eigenvalue weighted by atomic mass is 16.3. The summed E-state index contributed by atoms with van der Waals surface area (Å²) in [5.74, 6) is -0.232. The van der Waals surface area contributed by atoms with Gasteiger partial charge in [0.15, 0.2) is 0 Å². The molecule has 0 radical (unpaired) electrons. The monoisotopic (exact) mass is 320 g/mol. The highest BCUT2D eigenvalue weighted by Gasteiger charge is 2.25. The van der Waals surface area contributed by atoms with Crippen molar-refractivity contribution in [1.82, 2.24) is 5.32 Å². The molecule has 1 rings (SSSR count). The first-order chi connectivity index (χ1) is 10.9. The Hall–Kier alpha value is -1.88. The SMILES string of the molecule is CCCC(O)(CCC)CNC(=O)Cc1ccc(NC(C)=O)cc1. The average Bonchev–Trinajstić information content (AvgIpc) is 2.47. The molecule has 2 amide bonds. The number of aliphatic hydroxyl groups is 1.